The van der Waals surface area contributed by atoms with Gasteiger partial charge in [0.15, 0.2) is 0 Å². The van der Waals surface area contributed by atoms with Gasteiger partial charge in [-0.25, -0.2) is 0 Å². The molecule has 6 heteroatoms. The van der Waals surface area contributed by atoms with E-state index in [0.29, 0.717) is 18.7 Å². The Morgan fingerprint density at radius 3 is 2.70 bits per heavy atom. The number of aryl methyl sites for hydroxylation is 1. The van der Waals surface area contributed by atoms with E-state index in [1.165, 1.54) is 23.2 Å². The van der Waals surface area contributed by atoms with Gasteiger partial charge in [-0.1, -0.05) is 0 Å². The quantitative estimate of drug-likeness (QED) is 0.782. The molecule has 3 rings (SSSR count). The zero-order valence-electron chi connectivity index (χ0n) is 12.6. The molecule has 3 aromatic rings. The van der Waals surface area contributed by atoms with Crippen LogP contribution in [0, 0.1) is 6.92 Å². The standard InChI is InChI=1S/C17H16N2O3S/c1-12-4-6-15(23-12)11-19(10-14-3-2-8-22-14)17(21)13-5-7-16(20)18-9-13/h2-9H,10-11H2,1H3,(H,18,20). The lowest BCUT2D eigenvalue weighted by atomic mass is 10.2. The molecule has 0 aromatic carbocycles. The predicted molar refractivity (Wildman–Crippen MR) is 88.4 cm³/mol. The van der Waals surface area contributed by atoms with Gasteiger partial charge in [-0.05, 0) is 37.3 Å². The van der Waals surface area contributed by atoms with Gasteiger partial charge in [0.2, 0.25) is 5.56 Å². The molecule has 0 saturated carbocycles. The second kappa shape index (κ2) is 6.66. The van der Waals surface area contributed by atoms with Gasteiger partial charge in [-0.15, -0.1) is 11.3 Å². The number of carbonyl (C=O) groups is 1. The van der Waals surface area contributed by atoms with Crippen molar-refractivity contribution in [3.05, 3.63) is 80.3 Å². The molecule has 1 N–H and O–H groups in total. The van der Waals surface area contributed by atoms with Gasteiger partial charge in [0, 0.05) is 22.0 Å². The molecule has 118 valence electrons. The SMILES string of the molecule is Cc1ccc(CN(Cc2ccco2)C(=O)c2ccc(=O)[nH]c2)s1. The van der Waals surface area contributed by atoms with Gasteiger partial charge in [-0.2, -0.15) is 0 Å². The topological polar surface area (TPSA) is 66.3 Å². The molecule has 0 fully saturated rings. The Bertz CT molecular complexity index is 828. The monoisotopic (exact) mass is 328 g/mol. The number of amides is 1. The summed E-state index contributed by atoms with van der Waals surface area (Å²) in [6.45, 7) is 2.91. The van der Waals surface area contributed by atoms with E-state index in [9.17, 15) is 9.59 Å². The van der Waals surface area contributed by atoms with Crippen LogP contribution < -0.4 is 5.56 Å². The summed E-state index contributed by atoms with van der Waals surface area (Å²) in [5, 5.41) is 0. The minimum atomic E-state index is -0.229. The molecule has 0 aliphatic carbocycles. The van der Waals surface area contributed by atoms with E-state index in [2.05, 4.69) is 4.98 Å². The van der Waals surface area contributed by atoms with Crippen molar-refractivity contribution in [2.45, 2.75) is 20.0 Å². The van der Waals surface area contributed by atoms with Crippen molar-refractivity contribution >= 4 is 17.2 Å². The first-order valence-corrected chi connectivity index (χ1v) is 7.99. The number of rotatable bonds is 5. The Hall–Kier alpha value is -2.60. The second-order valence-corrected chi connectivity index (χ2v) is 6.57. The van der Waals surface area contributed by atoms with Crippen LogP contribution in [0.3, 0.4) is 0 Å². The van der Waals surface area contributed by atoms with Crippen molar-refractivity contribution < 1.29 is 9.21 Å². The van der Waals surface area contributed by atoms with Crippen molar-refractivity contribution in [1.29, 1.82) is 0 Å². The van der Waals surface area contributed by atoms with Crippen molar-refractivity contribution in [3.63, 3.8) is 0 Å². The second-order valence-electron chi connectivity index (χ2n) is 5.19. The minimum absolute atomic E-state index is 0.149. The summed E-state index contributed by atoms with van der Waals surface area (Å²) in [7, 11) is 0. The summed E-state index contributed by atoms with van der Waals surface area (Å²) in [5.74, 6) is 0.569. The third kappa shape index (κ3) is 3.78. The Morgan fingerprint density at radius 1 is 1.22 bits per heavy atom. The molecule has 0 aliphatic heterocycles. The van der Waals surface area contributed by atoms with E-state index in [4.69, 9.17) is 4.42 Å². The van der Waals surface area contributed by atoms with Crippen LogP contribution in [0.4, 0.5) is 0 Å². The Kier molecular flexibility index (Phi) is 4.43. The first kappa shape index (κ1) is 15.3. The Labute approximate surface area is 137 Å². The zero-order valence-corrected chi connectivity index (χ0v) is 13.4. The highest BCUT2D eigenvalue weighted by atomic mass is 32.1. The number of nitrogens with one attached hydrogen (secondary N) is 1. The average molecular weight is 328 g/mol. The van der Waals surface area contributed by atoms with Crippen molar-refractivity contribution in [2.75, 3.05) is 0 Å². The van der Waals surface area contributed by atoms with Crippen LogP contribution in [0.1, 0.15) is 25.9 Å². The van der Waals surface area contributed by atoms with Crippen LogP contribution in [0.15, 0.2) is 58.1 Å². The molecule has 0 unspecified atom stereocenters. The average Bonchev–Trinajstić information content (AvgIpc) is 3.19. The minimum Gasteiger partial charge on any atom is -0.467 e. The lowest BCUT2D eigenvalue weighted by molar-refractivity contribution is 0.0719. The first-order valence-electron chi connectivity index (χ1n) is 7.17. The number of pyridine rings is 1. The normalized spacial score (nSPS) is 10.7. The van der Waals surface area contributed by atoms with Crippen molar-refractivity contribution in [3.8, 4) is 0 Å². The molecule has 0 atom stereocenters. The van der Waals surface area contributed by atoms with E-state index in [-0.39, 0.29) is 11.5 Å². The molecule has 3 heterocycles. The zero-order chi connectivity index (χ0) is 16.2. The van der Waals surface area contributed by atoms with Gasteiger partial charge < -0.3 is 14.3 Å². The van der Waals surface area contributed by atoms with E-state index < -0.39 is 0 Å². The number of aromatic nitrogens is 1. The summed E-state index contributed by atoms with van der Waals surface area (Å²) >= 11 is 1.66. The molecular formula is C17H16N2O3S. The van der Waals surface area contributed by atoms with Crippen molar-refractivity contribution in [1.82, 2.24) is 9.88 Å². The number of carbonyl (C=O) groups excluding carboxylic acids is 1. The van der Waals surface area contributed by atoms with Crippen LogP contribution in [0.25, 0.3) is 0 Å². The Balaban J connectivity index is 1.85. The molecule has 0 bridgehead atoms. The first-order chi connectivity index (χ1) is 11.1. The number of H-pyrrole nitrogens is 1. The van der Waals surface area contributed by atoms with E-state index in [1.807, 2.05) is 25.1 Å². The summed E-state index contributed by atoms with van der Waals surface area (Å²) in [6, 6.07) is 10.6. The molecule has 1 amide bonds. The van der Waals surface area contributed by atoms with Gasteiger partial charge in [0.25, 0.3) is 5.91 Å². The molecule has 23 heavy (non-hydrogen) atoms. The maximum Gasteiger partial charge on any atom is 0.256 e. The number of nitrogens with zero attached hydrogens (tertiary/aromatic N) is 1. The third-order valence-corrected chi connectivity index (χ3v) is 4.37. The highest BCUT2D eigenvalue weighted by Crippen LogP contribution is 2.20. The molecule has 0 radical (unpaired) electrons. The summed E-state index contributed by atoms with van der Waals surface area (Å²) in [6.07, 6.45) is 3.03. The van der Waals surface area contributed by atoms with Crippen LogP contribution >= 0.6 is 11.3 Å². The van der Waals surface area contributed by atoms with Crippen LogP contribution in [0.2, 0.25) is 0 Å². The van der Waals surface area contributed by atoms with Gasteiger partial charge in [0.1, 0.15) is 5.76 Å². The summed E-state index contributed by atoms with van der Waals surface area (Å²) < 4.78 is 5.36. The number of hydrogen-bond acceptors (Lipinski definition) is 4. The van der Waals surface area contributed by atoms with Crippen LogP contribution in [-0.4, -0.2) is 15.8 Å². The highest BCUT2D eigenvalue weighted by Gasteiger charge is 2.18. The maximum absolute atomic E-state index is 12.8. The van der Waals surface area contributed by atoms with E-state index in [0.717, 1.165) is 10.6 Å². The van der Waals surface area contributed by atoms with Crippen LogP contribution in [0.5, 0.6) is 0 Å². The lowest BCUT2D eigenvalue weighted by Gasteiger charge is -2.21. The molecule has 3 aromatic heterocycles. The van der Waals surface area contributed by atoms with Crippen LogP contribution in [-0.2, 0) is 13.1 Å². The summed E-state index contributed by atoms with van der Waals surface area (Å²) in [5.41, 5.74) is 0.220. The number of furan rings is 1. The third-order valence-electron chi connectivity index (χ3n) is 3.39. The van der Waals surface area contributed by atoms with Gasteiger partial charge in [-0.3, -0.25) is 9.59 Å². The molecule has 0 spiro atoms. The maximum atomic E-state index is 12.8. The lowest BCUT2D eigenvalue weighted by Crippen LogP contribution is -2.30. The Morgan fingerprint density at radius 2 is 2.09 bits per heavy atom. The number of hydrogen-bond donors (Lipinski definition) is 1. The summed E-state index contributed by atoms with van der Waals surface area (Å²) in [4.78, 5) is 30.5. The number of thiophene rings is 1. The number of aromatic amines is 1. The van der Waals surface area contributed by atoms with Gasteiger partial charge in [0.05, 0.1) is 24.9 Å². The molecule has 0 saturated heterocycles. The van der Waals surface area contributed by atoms with E-state index in [1.54, 1.807) is 28.6 Å². The molecule has 0 aliphatic rings. The van der Waals surface area contributed by atoms with E-state index >= 15 is 0 Å². The highest BCUT2D eigenvalue weighted by molar-refractivity contribution is 7.11. The molecular weight excluding hydrogens is 312 g/mol. The fraction of sp³-hybridized carbons (Fsp3) is 0.176. The largest absolute Gasteiger partial charge is 0.467 e. The smallest absolute Gasteiger partial charge is 0.256 e. The fourth-order valence-electron chi connectivity index (χ4n) is 2.27. The van der Waals surface area contributed by atoms with Crippen molar-refractivity contribution in [2.24, 2.45) is 0 Å². The fourth-order valence-corrected chi connectivity index (χ4v) is 3.18. The molecule has 5 nitrogen and oxygen atoms in total. The predicted octanol–water partition coefficient (Wildman–Crippen LogP) is 3.18. The van der Waals surface area contributed by atoms with Gasteiger partial charge >= 0.3 is 0 Å².